The van der Waals surface area contributed by atoms with Crippen LogP contribution in [0.1, 0.15) is 20.8 Å². The minimum Gasteiger partial charge on any atom is -0.450 e. The molecule has 0 aliphatic rings. The number of carboxylic acid groups (broad SMARTS) is 1. The summed E-state index contributed by atoms with van der Waals surface area (Å²) in [5.74, 6) is 0.184. The van der Waals surface area contributed by atoms with Crippen molar-refractivity contribution in [1.82, 2.24) is 0 Å². The predicted molar refractivity (Wildman–Crippen MR) is 46.4 cm³/mol. The summed E-state index contributed by atoms with van der Waals surface area (Å²) in [6.45, 7) is 5.57. The van der Waals surface area contributed by atoms with Gasteiger partial charge in [-0.1, -0.05) is 13.8 Å². The molecule has 0 saturated heterocycles. The Morgan fingerprint density at radius 3 is 2.20 bits per heavy atom. The first-order valence-electron chi connectivity index (χ1n) is 2.97. The second-order valence-electron chi connectivity index (χ2n) is 2.51. The number of halogens is 1. The molecule has 10 heavy (non-hydrogen) atoms. The molecule has 0 radical (unpaired) electrons. The van der Waals surface area contributed by atoms with Crippen LogP contribution in [0.3, 0.4) is 0 Å². The number of hydrogen-bond acceptors (Lipinski definition) is 2. The van der Waals surface area contributed by atoms with Crippen molar-refractivity contribution < 1.29 is 14.6 Å². The lowest BCUT2D eigenvalue weighted by molar-refractivity contribution is 0.0312. The zero-order chi connectivity index (χ0) is 8.36. The van der Waals surface area contributed by atoms with Crippen molar-refractivity contribution >= 4 is 28.7 Å². The molecule has 1 unspecified atom stereocenters. The van der Waals surface area contributed by atoms with Crippen LogP contribution in [0, 0.1) is 5.92 Å². The third-order valence-electron chi connectivity index (χ3n) is 1.32. The molecule has 0 aromatic rings. The molecule has 0 spiro atoms. The third kappa shape index (κ3) is 3.24. The van der Waals surface area contributed by atoms with Gasteiger partial charge < -0.3 is 9.84 Å². The molecular formula is C6H11IO3. The fourth-order valence-electron chi connectivity index (χ4n) is 0.289. The zero-order valence-corrected chi connectivity index (χ0v) is 8.38. The maximum Gasteiger partial charge on any atom is 0.507 e. The maximum absolute atomic E-state index is 10.1. The second-order valence-corrected chi connectivity index (χ2v) is 4.65. The molecule has 0 aromatic carbocycles. The number of alkyl halides is 1. The van der Waals surface area contributed by atoms with E-state index < -0.39 is 9.76 Å². The minimum atomic E-state index is -1.22. The van der Waals surface area contributed by atoms with Crippen LogP contribution in [-0.2, 0) is 4.74 Å². The van der Waals surface area contributed by atoms with Crippen molar-refractivity contribution in [3.8, 4) is 0 Å². The summed E-state index contributed by atoms with van der Waals surface area (Å²) >= 11 is 1.98. The van der Waals surface area contributed by atoms with Gasteiger partial charge in [-0.25, -0.2) is 4.79 Å². The van der Waals surface area contributed by atoms with Crippen molar-refractivity contribution in [2.24, 2.45) is 5.92 Å². The van der Waals surface area contributed by atoms with Gasteiger partial charge in [0, 0.05) is 5.92 Å². The Balaban J connectivity index is 3.99. The third-order valence-corrected chi connectivity index (χ3v) is 2.78. The van der Waals surface area contributed by atoms with Crippen LogP contribution >= 0.6 is 22.6 Å². The standard InChI is InChI=1S/C6H11IO3/c1-4(2)6(3,7)10-5(8)9/h4H,1-3H3,(H,8,9). The molecule has 0 heterocycles. The highest BCUT2D eigenvalue weighted by molar-refractivity contribution is 14.1. The van der Waals surface area contributed by atoms with Gasteiger partial charge in [0.15, 0.2) is 3.61 Å². The van der Waals surface area contributed by atoms with Gasteiger partial charge in [-0.3, -0.25) is 0 Å². The van der Waals surface area contributed by atoms with Crippen LogP contribution in [0.25, 0.3) is 0 Å². The van der Waals surface area contributed by atoms with Gasteiger partial charge in [0.2, 0.25) is 0 Å². The highest BCUT2D eigenvalue weighted by Gasteiger charge is 2.28. The average Bonchev–Trinajstić information content (AvgIpc) is 1.60. The predicted octanol–water partition coefficient (Wildman–Crippen LogP) is 2.49. The molecule has 0 fully saturated rings. The summed E-state index contributed by atoms with van der Waals surface area (Å²) in [5.41, 5.74) is 0. The summed E-state index contributed by atoms with van der Waals surface area (Å²) < 4.78 is 3.99. The Labute approximate surface area is 73.9 Å². The van der Waals surface area contributed by atoms with Crippen molar-refractivity contribution in [1.29, 1.82) is 0 Å². The summed E-state index contributed by atoms with van der Waals surface area (Å²) in [7, 11) is 0. The van der Waals surface area contributed by atoms with E-state index in [0.717, 1.165) is 0 Å². The van der Waals surface area contributed by atoms with Crippen molar-refractivity contribution in [3.05, 3.63) is 0 Å². The lowest BCUT2D eigenvalue weighted by Gasteiger charge is -2.24. The first-order valence-corrected chi connectivity index (χ1v) is 4.05. The first-order chi connectivity index (χ1) is 4.36. The van der Waals surface area contributed by atoms with Gasteiger partial charge in [-0.2, -0.15) is 0 Å². The molecule has 0 saturated carbocycles. The lowest BCUT2D eigenvalue weighted by Crippen LogP contribution is -2.29. The van der Waals surface area contributed by atoms with Crippen molar-refractivity contribution in [2.75, 3.05) is 0 Å². The van der Waals surface area contributed by atoms with Crippen LogP contribution in [0.15, 0.2) is 0 Å². The van der Waals surface area contributed by atoms with E-state index in [-0.39, 0.29) is 5.92 Å². The number of carbonyl (C=O) groups is 1. The van der Waals surface area contributed by atoms with E-state index in [1.807, 2.05) is 36.4 Å². The maximum atomic E-state index is 10.1. The Bertz CT molecular complexity index is 131. The van der Waals surface area contributed by atoms with Gasteiger partial charge in [0.05, 0.1) is 0 Å². The molecule has 0 aliphatic heterocycles. The lowest BCUT2D eigenvalue weighted by atomic mass is 10.1. The molecule has 3 nitrogen and oxygen atoms in total. The van der Waals surface area contributed by atoms with Crippen LogP contribution in [0.5, 0.6) is 0 Å². The normalized spacial score (nSPS) is 16.5. The van der Waals surface area contributed by atoms with Crippen LogP contribution in [-0.4, -0.2) is 14.9 Å². The van der Waals surface area contributed by atoms with E-state index in [0.29, 0.717) is 0 Å². The van der Waals surface area contributed by atoms with Crippen LogP contribution in [0.2, 0.25) is 0 Å². The Morgan fingerprint density at radius 1 is 1.70 bits per heavy atom. The highest BCUT2D eigenvalue weighted by Crippen LogP contribution is 2.28. The summed E-state index contributed by atoms with van der Waals surface area (Å²) in [5, 5.41) is 8.27. The quantitative estimate of drug-likeness (QED) is 0.470. The molecule has 1 N–H and O–H groups in total. The average molecular weight is 258 g/mol. The summed E-state index contributed by atoms with van der Waals surface area (Å²) in [6.07, 6.45) is -1.22. The van der Waals surface area contributed by atoms with Crippen LogP contribution < -0.4 is 0 Å². The SMILES string of the molecule is CC(C)C(C)(I)OC(=O)O. The number of ether oxygens (including phenoxy) is 1. The second kappa shape index (κ2) is 3.41. The van der Waals surface area contributed by atoms with Gasteiger partial charge in [0.1, 0.15) is 0 Å². The minimum absolute atomic E-state index is 0.184. The Hall–Kier alpha value is 0. The van der Waals surface area contributed by atoms with E-state index >= 15 is 0 Å². The van der Waals surface area contributed by atoms with Gasteiger partial charge in [0.25, 0.3) is 0 Å². The van der Waals surface area contributed by atoms with Crippen molar-refractivity contribution in [2.45, 2.75) is 24.4 Å². The fraction of sp³-hybridized carbons (Fsp3) is 0.833. The van der Waals surface area contributed by atoms with Crippen molar-refractivity contribution in [3.63, 3.8) is 0 Å². The zero-order valence-electron chi connectivity index (χ0n) is 6.22. The Morgan fingerprint density at radius 2 is 2.10 bits per heavy atom. The first kappa shape index (κ1) is 10.0. The smallest absolute Gasteiger partial charge is 0.450 e. The molecule has 0 aromatic heterocycles. The molecule has 0 bridgehead atoms. The molecule has 0 rings (SSSR count). The van der Waals surface area contributed by atoms with Gasteiger partial charge in [-0.15, -0.1) is 0 Å². The summed E-state index contributed by atoms with van der Waals surface area (Å²) in [4.78, 5) is 10.1. The molecule has 0 amide bonds. The van der Waals surface area contributed by atoms with Gasteiger partial charge in [-0.05, 0) is 29.5 Å². The monoisotopic (exact) mass is 258 g/mol. The number of hydrogen-bond donors (Lipinski definition) is 1. The Kier molecular flexibility index (Phi) is 3.41. The molecule has 4 heteroatoms. The number of rotatable bonds is 2. The topological polar surface area (TPSA) is 46.5 Å². The van der Waals surface area contributed by atoms with Gasteiger partial charge >= 0.3 is 6.16 Å². The molecule has 0 aliphatic carbocycles. The molecular weight excluding hydrogens is 247 g/mol. The van der Waals surface area contributed by atoms with E-state index in [1.54, 1.807) is 6.92 Å². The van der Waals surface area contributed by atoms with E-state index in [4.69, 9.17) is 5.11 Å². The molecule has 60 valence electrons. The highest BCUT2D eigenvalue weighted by atomic mass is 127. The van der Waals surface area contributed by atoms with E-state index in [9.17, 15) is 4.79 Å². The summed E-state index contributed by atoms with van der Waals surface area (Å²) in [6, 6.07) is 0. The van der Waals surface area contributed by atoms with Crippen LogP contribution in [0.4, 0.5) is 4.79 Å². The fourth-order valence-corrected chi connectivity index (χ4v) is 0.477. The largest absolute Gasteiger partial charge is 0.507 e. The molecule has 1 atom stereocenters. The van der Waals surface area contributed by atoms with E-state index in [2.05, 4.69) is 4.74 Å². The van der Waals surface area contributed by atoms with E-state index in [1.165, 1.54) is 0 Å².